The van der Waals surface area contributed by atoms with Crippen molar-refractivity contribution in [2.45, 2.75) is 51.3 Å². The smallest absolute Gasteiger partial charge is 0.416 e. The number of nitrogens with one attached hydrogen (secondary N) is 1. The minimum absolute atomic E-state index is 0.0623. The van der Waals surface area contributed by atoms with Crippen LogP contribution in [0.15, 0.2) is 66.9 Å². The molecule has 10 heteroatoms. The molecule has 7 nitrogen and oxygen atoms in total. The lowest BCUT2D eigenvalue weighted by molar-refractivity contribution is -0.137. The van der Waals surface area contributed by atoms with Crippen LogP contribution in [0, 0.1) is 12.8 Å². The number of ether oxygens (including phenoxy) is 2. The molecule has 3 aliphatic rings. The van der Waals surface area contributed by atoms with E-state index in [2.05, 4.69) is 22.1 Å². The third-order valence-corrected chi connectivity index (χ3v) is 9.09. The van der Waals surface area contributed by atoms with Crippen molar-refractivity contribution >= 4 is 23.7 Å². The van der Waals surface area contributed by atoms with Crippen LogP contribution in [-0.4, -0.2) is 60.5 Å². The molecule has 3 heterocycles. The van der Waals surface area contributed by atoms with E-state index in [0.29, 0.717) is 42.4 Å². The second-order valence-corrected chi connectivity index (χ2v) is 12.4. The summed E-state index contributed by atoms with van der Waals surface area (Å²) in [6.45, 7) is 5.31. The van der Waals surface area contributed by atoms with Gasteiger partial charge < -0.3 is 24.6 Å². The molecule has 3 aromatic rings. The van der Waals surface area contributed by atoms with Crippen LogP contribution in [0.25, 0.3) is 11.9 Å². The molecule has 0 bridgehead atoms. The van der Waals surface area contributed by atoms with Crippen molar-refractivity contribution in [3.05, 3.63) is 99.6 Å². The molecule has 0 aliphatic carbocycles. The van der Waals surface area contributed by atoms with Gasteiger partial charge in [0.1, 0.15) is 11.5 Å². The molecule has 0 aromatic heterocycles. The molecule has 6 rings (SSSR count). The lowest BCUT2D eigenvalue weighted by Gasteiger charge is -2.34. The lowest BCUT2D eigenvalue weighted by atomic mass is 9.95. The van der Waals surface area contributed by atoms with E-state index in [1.165, 1.54) is 12.1 Å². The fourth-order valence-electron chi connectivity index (χ4n) is 6.31. The van der Waals surface area contributed by atoms with E-state index >= 15 is 0 Å². The van der Waals surface area contributed by atoms with Crippen molar-refractivity contribution in [1.29, 1.82) is 0 Å². The molecular formula is C37H38F3N3O4. The Labute approximate surface area is 272 Å². The molecule has 1 atom stereocenters. The SMILES string of the molecule is Cc1c(C(=O)NCC2CCCCO2)ccc2c1=CN(CC1CCN(C(=O)c3ccc(Oc4ccc(C(F)(F)F)cc4)cc3)CC1)C=C=2. The Morgan fingerprint density at radius 2 is 1.66 bits per heavy atom. The summed E-state index contributed by atoms with van der Waals surface area (Å²) >= 11 is 0. The molecule has 1 unspecified atom stereocenters. The van der Waals surface area contributed by atoms with Gasteiger partial charge in [-0.2, -0.15) is 13.2 Å². The van der Waals surface area contributed by atoms with Gasteiger partial charge in [-0.3, -0.25) is 9.59 Å². The third-order valence-electron chi connectivity index (χ3n) is 9.09. The number of amides is 2. The summed E-state index contributed by atoms with van der Waals surface area (Å²) in [4.78, 5) is 30.2. The van der Waals surface area contributed by atoms with E-state index in [1.807, 2.05) is 30.2 Å². The third kappa shape index (κ3) is 7.89. The maximum atomic E-state index is 13.2. The van der Waals surface area contributed by atoms with Crippen molar-refractivity contribution in [3.63, 3.8) is 0 Å². The van der Waals surface area contributed by atoms with Crippen LogP contribution in [0.2, 0.25) is 0 Å². The standard InChI is InChI=1S/C37H38F3N3O4/c1-25-33(35(44)41-22-32-4-2-3-21-46-32)14-7-27-17-18-42(24-34(25)27)23-26-15-19-43(20-16-26)36(45)28-5-10-30(11-6-28)47-31-12-8-29(9-13-31)37(38,39)40/h5-14,18,24,26,32H,2-4,15-16,19-23H2,1H3,(H,41,44). The van der Waals surface area contributed by atoms with E-state index in [9.17, 15) is 22.8 Å². The van der Waals surface area contributed by atoms with Crippen LogP contribution in [0.5, 0.6) is 11.5 Å². The Hall–Kier alpha value is -4.53. The number of halogens is 3. The largest absolute Gasteiger partial charge is 0.457 e. The van der Waals surface area contributed by atoms with Gasteiger partial charge in [0.2, 0.25) is 0 Å². The molecule has 246 valence electrons. The first-order valence-electron chi connectivity index (χ1n) is 16.1. The second kappa shape index (κ2) is 14.1. The van der Waals surface area contributed by atoms with Gasteiger partial charge in [0.25, 0.3) is 11.8 Å². The van der Waals surface area contributed by atoms with E-state index < -0.39 is 11.7 Å². The summed E-state index contributed by atoms with van der Waals surface area (Å²) in [6.07, 6.45) is 4.61. The van der Waals surface area contributed by atoms with Crippen molar-refractivity contribution in [1.82, 2.24) is 15.1 Å². The monoisotopic (exact) mass is 645 g/mol. The summed E-state index contributed by atoms with van der Waals surface area (Å²) < 4.78 is 49.8. The number of likely N-dealkylation sites (tertiary alicyclic amines) is 1. The summed E-state index contributed by atoms with van der Waals surface area (Å²) in [7, 11) is 0. The quantitative estimate of drug-likeness (QED) is 0.345. The second-order valence-electron chi connectivity index (χ2n) is 12.4. The highest BCUT2D eigenvalue weighted by atomic mass is 19.4. The van der Waals surface area contributed by atoms with Gasteiger partial charge in [0.15, 0.2) is 0 Å². The fraction of sp³-hybridized carbons (Fsp3) is 0.378. The number of carbonyl (C=O) groups is 2. The Morgan fingerprint density at radius 3 is 2.32 bits per heavy atom. The number of rotatable bonds is 8. The highest BCUT2D eigenvalue weighted by Gasteiger charge is 2.30. The molecule has 2 saturated heterocycles. The number of piperidine rings is 1. The zero-order valence-corrected chi connectivity index (χ0v) is 26.3. The average molecular weight is 646 g/mol. The molecule has 47 heavy (non-hydrogen) atoms. The Morgan fingerprint density at radius 1 is 0.957 bits per heavy atom. The average Bonchev–Trinajstić information content (AvgIpc) is 3.08. The van der Waals surface area contributed by atoms with Gasteiger partial charge >= 0.3 is 6.18 Å². The maximum Gasteiger partial charge on any atom is 0.416 e. The Bertz CT molecular complexity index is 1750. The Balaban J connectivity index is 1.01. The Kier molecular flexibility index (Phi) is 9.71. The van der Waals surface area contributed by atoms with Crippen molar-refractivity contribution in [3.8, 4) is 11.5 Å². The number of alkyl halides is 3. The van der Waals surface area contributed by atoms with Crippen LogP contribution in [0.3, 0.4) is 0 Å². The number of nitrogens with zero attached hydrogens (tertiary/aromatic N) is 2. The predicted molar refractivity (Wildman–Crippen MR) is 172 cm³/mol. The van der Waals surface area contributed by atoms with E-state index in [1.54, 1.807) is 24.3 Å². The summed E-state index contributed by atoms with van der Waals surface area (Å²) in [5.74, 6) is 0.945. The van der Waals surface area contributed by atoms with Crippen LogP contribution >= 0.6 is 0 Å². The molecule has 2 fully saturated rings. The molecule has 0 spiro atoms. The molecule has 1 N–H and O–H groups in total. The number of hydrogen-bond donors (Lipinski definition) is 1. The van der Waals surface area contributed by atoms with Gasteiger partial charge in [0.05, 0.1) is 11.7 Å². The maximum absolute atomic E-state index is 13.2. The van der Waals surface area contributed by atoms with Gasteiger partial charge in [-0.1, -0.05) is 5.73 Å². The lowest BCUT2D eigenvalue weighted by Crippen LogP contribution is -2.41. The summed E-state index contributed by atoms with van der Waals surface area (Å²) in [5, 5.41) is 5.00. The zero-order chi connectivity index (χ0) is 33.0. The van der Waals surface area contributed by atoms with Gasteiger partial charge in [0, 0.05) is 66.8 Å². The van der Waals surface area contributed by atoms with Gasteiger partial charge in [-0.05, 0) is 111 Å². The number of hydrogen-bond acceptors (Lipinski definition) is 5. The van der Waals surface area contributed by atoms with Crippen molar-refractivity contribution in [2.24, 2.45) is 5.92 Å². The number of benzene rings is 3. The topological polar surface area (TPSA) is 71.1 Å². The first-order valence-corrected chi connectivity index (χ1v) is 16.1. The highest BCUT2D eigenvalue weighted by molar-refractivity contribution is 5.96. The fourth-order valence-corrected chi connectivity index (χ4v) is 6.31. The predicted octanol–water partition coefficient (Wildman–Crippen LogP) is 5.60. The molecule has 0 saturated carbocycles. The number of carbonyl (C=O) groups excluding carboxylic acids is 2. The first-order chi connectivity index (χ1) is 22.6. The van der Waals surface area contributed by atoms with Gasteiger partial charge in [-0.15, -0.1) is 0 Å². The van der Waals surface area contributed by atoms with Crippen LogP contribution in [0.4, 0.5) is 13.2 Å². The minimum atomic E-state index is -4.41. The van der Waals surface area contributed by atoms with E-state index in [4.69, 9.17) is 9.47 Å². The van der Waals surface area contributed by atoms with Crippen LogP contribution in [-0.2, 0) is 10.9 Å². The molecule has 3 aliphatic heterocycles. The highest BCUT2D eigenvalue weighted by Crippen LogP contribution is 2.31. The molecule has 0 radical (unpaired) electrons. The van der Waals surface area contributed by atoms with E-state index in [-0.39, 0.29) is 23.7 Å². The molecule has 3 aromatic carbocycles. The molecular weight excluding hydrogens is 607 g/mol. The van der Waals surface area contributed by atoms with Gasteiger partial charge in [-0.25, -0.2) is 0 Å². The number of fused-ring (bicyclic) bond motifs is 1. The van der Waals surface area contributed by atoms with Crippen molar-refractivity contribution in [2.75, 3.05) is 32.8 Å². The van der Waals surface area contributed by atoms with Crippen LogP contribution < -0.4 is 20.5 Å². The normalized spacial score (nSPS) is 18.2. The minimum Gasteiger partial charge on any atom is -0.457 e. The summed E-state index contributed by atoms with van der Waals surface area (Å²) in [5.41, 5.74) is 4.74. The first kappa shape index (κ1) is 32.4. The van der Waals surface area contributed by atoms with Crippen molar-refractivity contribution < 1.29 is 32.2 Å². The van der Waals surface area contributed by atoms with E-state index in [0.717, 1.165) is 73.4 Å². The summed E-state index contributed by atoms with van der Waals surface area (Å²) in [6, 6.07) is 14.9. The zero-order valence-electron chi connectivity index (χ0n) is 26.3. The molecule has 2 amide bonds. The van der Waals surface area contributed by atoms with Crippen LogP contribution in [0.1, 0.15) is 63.9 Å².